The molecule has 0 aliphatic rings. The van der Waals surface area contributed by atoms with E-state index >= 15 is 0 Å². The summed E-state index contributed by atoms with van der Waals surface area (Å²) in [4.78, 5) is 22.5. The van der Waals surface area contributed by atoms with Crippen LogP contribution in [0.5, 0.6) is 0 Å². The SMILES string of the molecule is c1ccc(-c2nc(-n3c4ccc(-c5ccc6c(c5)c5ccccc5n6-c5ccccc5)cc4c4ccc(-c5cccc(-c6nc(-n7c8ccccc8c8c9ccccc9c9c%10ccccc%10sc9c87)nc7c6ccc6ccccc67)c5)cc43)nc3ccccc23)cc1. The summed E-state index contributed by atoms with van der Waals surface area (Å²) >= 11 is 1.85. The Morgan fingerprint density at radius 3 is 1.57 bits per heavy atom. The summed E-state index contributed by atoms with van der Waals surface area (Å²) in [6.45, 7) is 0. The van der Waals surface area contributed by atoms with Crippen LogP contribution in [0, 0.1) is 0 Å². The molecule has 14 aromatic carbocycles. The summed E-state index contributed by atoms with van der Waals surface area (Å²) in [7, 11) is 0. The average Bonchev–Trinajstić information content (AvgIpc) is 1.69. The van der Waals surface area contributed by atoms with Gasteiger partial charge in [-0.1, -0.05) is 218 Å². The minimum atomic E-state index is 0.606. The van der Waals surface area contributed by atoms with E-state index in [-0.39, 0.29) is 0 Å². The van der Waals surface area contributed by atoms with Gasteiger partial charge in [-0.2, -0.15) is 0 Å². The lowest BCUT2D eigenvalue weighted by Gasteiger charge is -2.15. The number of para-hydroxylation sites is 4. The van der Waals surface area contributed by atoms with Crippen LogP contribution in [0.2, 0.25) is 0 Å². The molecule has 0 unspecified atom stereocenters. The first-order valence-electron chi connectivity index (χ1n) is 31.2. The van der Waals surface area contributed by atoms with E-state index in [4.69, 9.17) is 19.9 Å². The van der Waals surface area contributed by atoms with Gasteiger partial charge in [-0.05, 0) is 117 Å². The number of nitrogens with zero attached hydrogens (tertiary/aromatic N) is 7. The van der Waals surface area contributed by atoms with Gasteiger partial charge in [0.2, 0.25) is 11.9 Å². The van der Waals surface area contributed by atoms with Gasteiger partial charge in [0, 0.05) is 80.8 Å². The molecular formula is C84H49N7S. The van der Waals surface area contributed by atoms with Crippen LogP contribution in [0.15, 0.2) is 297 Å². The highest BCUT2D eigenvalue weighted by molar-refractivity contribution is 7.27. The second-order valence-electron chi connectivity index (χ2n) is 24.0. The number of rotatable bonds is 7. The maximum atomic E-state index is 5.80. The first kappa shape index (κ1) is 50.9. The number of thiophene rings is 1. The standard InChI is InChI=1S/C84H49N7S/c1-3-21-51(22-4-1)78-63-31-11-15-34-69(63)85-83(86-78)90-73-45-41-54(53-40-44-72-67(47-53)59-28-12-16-35-70(59)89(72)57-25-5-2-6-26-57)48-68(73)60-42-39-55(49-74(60)90)52-23-19-24-56(46-52)79-66-43-38-50-20-7-8-27-58(50)80(66)88-84(87-79)91-71-36-17-13-32-64(71)76-61-29-9-10-30-62(61)77-65-33-14-18-37-75(65)92-82(77)81(76)91/h1-49H. The lowest BCUT2D eigenvalue weighted by Crippen LogP contribution is -2.04. The van der Waals surface area contributed by atoms with Crippen LogP contribution >= 0.6 is 11.3 Å². The van der Waals surface area contributed by atoms with E-state index in [1.807, 2.05) is 11.3 Å². The third-order valence-corrected chi connectivity index (χ3v) is 20.2. The molecule has 0 spiro atoms. The fraction of sp³-hybridized carbons (Fsp3) is 0. The Bertz CT molecular complexity index is 6510. The van der Waals surface area contributed by atoms with Gasteiger partial charge in [-0.25, -0.2) is 19.9 Å². The highest BCUT2D eigenvalue weighted by Crippen LogP contribution is 2.49. The molecule has 20 rings (SSSR count). The van der Waals surface area contributed by atoms with E-state index in [1.165, 1.54) is 63.5 Å². The van der Waals surface area contributed by atoms with Crippen molar-refractivity contribution in [2.75, 3.05) is 0 Å². The van der Waals surface area contributed by atoms with Gasteiger partial charge in [-0.15, -0.1) is 11.3 Å². The Labute approximate surface area is 530 Å². The fourth-order valence-electron chi connectivity index (χ4n) is 14.9. The van der Waals surface area contributed by atoms with Crippen molar-refractivity contribution >= 4 is 140 Å². The minimum absolute atomic E-state index is 0.606. The normalized spacial score (nSPS) is 12.1. The topological polar surface area (TPSA) is 66.3 Å². The number of aromatic nitrogens is 7. The summed E-state index contributed by atoms with van der Waals surface area (Å²) in [6.07, 6.45) is 0. The van der Waals surface area contributed by atoms with E-state index in [2.05, 4.69) is 311 Å². The smallest absolute Gasteiger partial charge is 0.235 e. The molecule has 8 heteroatoms. The highest BCUT2D eigenvalue weighted by Gasteiger charge is 2.26. The minimum Gasteiger partial charge on any atom is -0.309 e. The van der Waals surface area contributed by atoms with Crippen LogP contribution in [0.3, 0.4) is 0 Å². The molecule has 7 nitrogen and oxygen atoms in total. The highest BCUT2D eigenvalue weighted by atomic mass is 32.1. The second-order valence-corrected chi connectivity index (χ2v) is 25.1. The summed E-state index contributed by atoms with van der Waals surface area (Å²) < 4.78 is 9.47. The van der Waals surface area contributed by atoms with Crippen molar-refractivity contribution in [1.82, 2.24) is 33.6 Å². The molecule has 0 atom stereocenters. The first-order valence-corrected chi connectivity index (χ1v) is 32.0. The molecule has 0 aliphatic heterocycles. The number of fused-ring (bicyclic) bond motifs is 20. The Hall–Kier alpha value is -12.1. The summed E-state index contributed by atoms with van der Waals surface area (Å²) in [5.41, 5.74) is 17.6. The zero-order valence-corrected chi connectivity index (χ0v) is 50.1. The van der Waals surface area contributed by atoms with Crippen LogP contribution in [0.4, 0.5) is 0 Å². The molecule has 20 aromatic rings. The van der Waals surface area contributed by atoms with Crippen LogP contribution < -0.4 is 0 Å². The zero-order valence-electron chi connectivity index (χ0n) is 49.3. The van der Waals surface area contributed by atoms with E-state index in [1.54, 1.807) is 0 Å². The molecule has 0 aliphatic carbocycles. The van der Waals surface area contributed by atoms with E-state index in [0.29, 0.717) is 11.9 Å². The molecule has 0 amide bonds. The van der Waals surface area contributed by atoms with Crippen LogP contribution in [0.1, 0.15) is 0 Å². The third-order valence-electron chi connectivity index (χ3n) is 19.0. The predicted molar refractivity (Wildman–Crippen MR) is 385 cm³/mol. The molecule has 426 valence electrons. The van der Waals surface area contributed by atoms with E-state index in [9.17, 15) is 0 Å². The van der Waals surface area contributed by atoms with Gasteiger partial charge < -0.3 is 4.57 Å². The average molecular weight is 1190 g/mol. The fourth-order valence-corrected chi connectivity index (χ4v) is 16.2. The lowest BCUT2D eigenvalue weighted by atomic mass is 9.97. The Morgan fingerprint density at radius 1 is 0.261 bits per heavy atom. The van der Waals surface area contributed by atoms with Crippen LogP contribution in [-0.2, 0) is 0 Å². The molecule has 0 N–H and O–H groups in total. The first-order chi connectivity index (χ1) is 45.6. The summed E-state index contributed by atoms with van der Waals surface area (Å²) in [5.74, 6) is 1.23. The van der Waals surface area contributed by atoms with Crippen molar-refractivity contribution < 1.29 is 0 Å². The van der Waals surface area contributed by atoms with Crippen molar-refractivity contribution in [1.29, 1.82) is 0 Å². The van der Waals surface area contributed by atoms with Gasteiger partial charge in [0.05, 0.1) is 60.2 Å². The maximum absolute atomic E-state index is 5.80. The van der Waals surface area contributed by atoms with Gasteiger partial charge in [0.1, 0.15) is 0 Å². The van der Waals surface area contributed by atoms with Gasteiger partial charge >= 0.3 is 0 Å². The Kier molecular flexibility index (Phi) is 10.9. The molecule has 0 saturated heterocycles. The molecule has 6 aromatic heterocycles. The van der Waals surface area contributed by atoms with Crippen molar-refractivity contribution in [2.24, 2.45) is 0 Å². The van der Waals surface area contributed by atoms with Crippen molar-refractivity contribution in [3.63, 3.8) is 0 Å². The summed E-state index contributed by atoms with van der Waals surface area (Å²) in [6, 6.07) is 107. The molecule has 0 fully saturated rings. The van der Waals surface area contributed by atoms with Gasteiger partial charge in [0.25, 0.3) is 0 Å². The van der Waals surface area contributed by atoms with Crippen molar-refractivity contribution in [3.8, 4) is 62.4 Å². The Balaban J connectivity index is 0.802. The van der Waals surface area contributed by atoms with Crippen molar-refractivity contribution in [2.45, 2.75) is 0 Å². The zero-order chi connectivity index (χ0) is 60.1. The largest absolute Gasteiger partial charge is 0.309 e. The Morgan fingerprint density at radius 2 is 0.783 bits per heavy atom. The molecule has 0 radical (unpaired) electrons. The lowest BCUT2D eigenvalue weighted by molar-refractivity contribution is 1.01. The molecule has 0 bridgehead atoms. The van der Waals surface area contributed by atoms with Crippen LogP contribution in [0.25, 0.3) is 191 Å². The molecule has 92 heavy (non-hydrogen) atoms. The number of hydrogen-bond acceptors (Lipinski definition) is 5. The van der Waals surface area contributed by atoms with Crippen LogP contribution in [-0.4, -0.2) is 33.6 Å². The number of benzene rings is 14. The van der Waals surface area contributed by atoms with Crippen molar-refractivity contribution in [3.05, 3.63) is 297 Å². The maximum Gasteiger partial charge on any atom is 0.235 e. The summed E-state index contributed by atoms with van der Waals surface area (Å²) in [5, 5.41) is 16.2. The molecular weight excluding hydrogens is 1140 g/mol. The monoisotopic (exact) mass is 1190 g/mol. The molecule has 6 heterocycles. The van der Waals surface area contributed by atoms with Gasteiger partial charge in [0.15, 0.2) is 0 Å². The number of hydrogen-bond donors (Lipinski definition) is 0. The predicted octanol–water partition coefficient (Wildman–Crippen LogP) is 22.2. The van der Waals surface area contributed by atoms with E-state index < -0.39 is 0 Å². The van der Waals surface area contributed by atoms with E-state index in [0.717, 1.165) is 116 Å². The quantitative estimate of drug-likeness (QED) is 0.149. The molecule has 0 saturated carbocycles. The second kappa shape index (κ2) is 19.7. The van der Waals surface area contributed by atoms with Gasteiger partial charge in [-0.3, -0.25) is 9.13 Å². The third kappa shape index (κ3) is 7.50.